The molecule has 1 aliphatic carbocycles. The van der Waals surface area contributed by atoms with Crippen molar-refractivity contribution in [2.75, 3.05) is 18.6 Å². The minimum absolute atomic E-state index is 0.611. The highest BCUT2D eigenvalue weighted by molar-refractivity contribution is 7.84. The molecule has 1 rings (SSSR count). The predicted molar refractivity (Wildman–Crippen MR) is 53.7 cm³/mol. The SMILES string of the molecule is CC1CC(NCCCS(C)=O)C1. The highest BCUT2D eigenvalue weighted by atomic mass is 32.2. The van der Waals surface area contributed by atoms with E-state index in [1.807, 2.05) is 0 Å². The van der Waals surface area contributed by atoms with Crippen molar-refractivity contribution in [1.82, 2.24) is 5.32 Å². The maximum absolute atomic E-state index is 10.7. The zero-order valence-corrected chi connectivity index (χ0v) is 8.82. The van der Waals surface area contributed by atoms with Crippen molar-refractivity contribution in [3.8, 4) is 0 Å². The fraction of sp³-hybridized carbons (Fsp3) is 1.00. The first-order valence-electron chi connectivity index (χ1n) is 4.72. The van der Waals surface area contributed by atoms with E-state index in [2.05, 4.69) is 12.2 Å². The van der Waals surface area contributed by atoms with E-state index in [0.717, 1.165) is 30.7 Å². The van der Waals surface area contributed by atoms with Gasteiger partial charge in [0.1, 0.15) is 0 Å². The highest BCUT2D eigenvalue weighted by Gasteiger charge is 2.23. The molecule has 0 bridgehead atoms. The summed E-state index contributed by atoms with van der Waals surface area (Å²) in [5.41, 5.74) is 0. The number of nitrogens with one attached hydrogen (secondary N) is 1. The lowest BCUT2D eigenvalue weighted by Gasteiger charge is -2.33. The van der Waals surface area contributed by atoms with Gasteiger partial charge in [0.05, 0.1) is 0 Å². The summed E-state index contributed by atoms with van der Waals surface area (Å²) in [7, 11) is -0.611. The van der Waals surface area contributed by atoms with Crippen LogP contribution in [0.15, 0.2) is 0 Å². The van der Waals surface area contributed by atoms with Crippen molar-refractivity contribution in [3.63, 3.8) is 0 Å². The van der Waals surface area contributed by atoms with Gasteiger partial charge in [-0.2, -0.15) is 0 Å². The van der Waals surface area contributed by atoms with Crippen LogP contribution in [0.2, 0.25) is 0 Å². The van der Waals surface area contributed by atoms with Crippen LogP contribution in [0, 0.1) is 5.92 Å². The van der Waals surface area contributed by atoms with E-state index in [9.17, 15) is 4.21 Å². The normalized spacial score (nSPS) is 31.2. The van der Waals surface area contributed by atoms with Crippen LogP contribution in [0.3, 0.4) is 0 Å². The molecule has 2 nitrogen and oxygen atoms in total. The van der Waals surface area contributed by atoms with Crippen molar-refractivity contribution < 1.29 is 4.21 Å². The Labute approximate surface area is 77.6 Å². The van der Waals surface area contributed by atoms with Gasteiger partial charge in [-0.15, -0.1) is 0 Å². The van der Waals surface area contributed by atoms with Crippen molar-refractivity contribution >= 4 is 10.8 Å². The Morgan fingerprint density at radius 2 is 2.17 bits per heavy atom. The van der Waals surface area contributed by atoms with Gasteiger partial charge >= 0.3 is 0 Å². The van der Waals surface area contributed by atoms with Gasteiger partial charge in [-0.3, -0.25) is 4.21 Å². The molecule has 0 aromatic rings. The number of hydrogen-bond donors (Lipinski definition) is 1. The summed E-state index contributed by atoms with van der Waals surface area (Å²) in [6, 6.07) is 0.755. The molecule has 72 valence electrons. The summed E-state index contributed by atoms with van der Waals surface area (Å²) in [6.07, 6.45) is 5.48. The molecule has 0 heterocycles. The number of hydrogen-bond acceptors (Lipinski definition) is 2. The molecule has 1 N–H and O–H groups in total. The summed E-state index contributed by atoms with van der Waals surface area (Å²) in [6.45, 7) is 3.33. The summed E-state index contributed by atoms with van der Waals surface area (Å²) in [5, 5.41) is 3.47. The molecule has 0 spiro atoms. The predicted octanol–water partition coefficient (Wildman–Crippen LogP) is 1.14. The van der Waals surface area contributed by atoms with E-state index in [1.54, 1.807) is 6.26 Å². The van der Waals surface area contributed by atoms with Crippen molar-refractivity contribution in [2.24, 2.45) is 5.92 Å². The fourth-order valence-corrected chi connectivity index (χ4v) is 2.20. The number of rotatable bonds is 5. The molecular formula is C9H19NOS. The van der Waals surface area contributed by atoms with E-state index in [4.69, 9.17) is 0 Å². The molecule has 0 aromatic heterocycles. The second-order valence-corrected chi connectivity index (χ2v) is 5.41. The lowest BCUT2D eigenvalue weighted by atomic mass is 9.82. The summed E-state index contributed by atoms with van der Waals surface area (Å²) in [4.78, 5) is 0. The Balaban J connectivity index is 1.87. The average Bonchev–Trinajstić information content (AvgIpc) is 1.93. The third kappa shape index (κ3) is 3.68. The van der Waals surface area contributed by atoms with E-state index >= 15 is 0 Å². The van der Waals surface area contributed by atoms with Crippen LogP contribution in [0.25, 0.3) is 0 Å². The second-order valence-electron chi connectivity index (χ2n) is 3.86. The minimum Gasteiger partial charge on any atom is -0.314 e. The molecule has 0 aliphatic heterocycles. The molecule has 0 radical (unpaired) electrons. The van der Waals surface area contributed by atoms with Gasteiger partial charge in [-0.25, -0.2) is 0 Å². The van der Waals surface area contributed by atoms with E-state index in [-0.39, 0.29) is 0 Å². The molecule has 0 saturated heterocycles. The van der Waals surface area contributed by atoms with Crippen LogP contribution in [-0.2, 0) is 10.8 Å². The Hall–Kier alpha value is 0.110. The second kappa shape index (κ2) is 4.97. The molecule has 0 amide bonds. The molecule has 12 heavy (non-hydrogen) atoms. The van der Waals surface area contributed by atoms with Gasteiger partial charge in [-0.05, 0) is 31.7 Å². The Morgan fingerprint density at radius 3 is 2.67 bits per heavy atom. The topological polar surface area (TPSA) is 29.1 Å². The molecule has 1 fully saturated rings. The van der Waals surface area contributed by atoms with Crippen LogP contribution < -0.4 is 5.32 Å². The largest absolute Gasteiger partial charge is 0.314 e. The zero-order chi connectivity index (χ0) is 8.97. The first-order chi connectivity index (χ1) is 5.68. The van der Waals surface area contributed by atoms with Crippen LogP contribution in [-0.4, -0.2) is 28.8 Å². The minimum atomic E-state index is -0.611. The summed E-state index contributed by atoms with van der Waals surface area (Å²) in [5.74, 6) is 1.76. The molecule has 3 heteroatoms. The first kappa shape index (κ1) is 10.2. The fourth-order valence-electron chi connectivity index (χ4n) is 1.65. The van der Waals surface area contributed by atoms with E-state index in [1.165, 1.54) is 12.8 Å². The van der Waals surface area contributed by atoms with Gasteiger partial charge in [-0.1, -0.05) is 6.92 Å². The Bertz CT molecular complexity index is 155. The van der Waals surface area contributed by atoms with Crippen LogP contribution in [0.5, 0.6) is 0 Å². The third-order valence-electron chi connectivity index (χ3n) is 2.42. The van der Waals surface area contributed by atoms with Gasteiger partial charge in [0.2, 0.25) is 0 Å². The van der Waals surface area contributed by atoms with E-state index in [0.29, 0.717) is 0 Å². The van der Waals surface area contributed by atoms with Crippen LogP contribution >= 0.6 is 0 Å². The third-order valence-corrected chi connectivity index (χ3v) is 3.28. The van der Waals surface area contributed by atoms with Gasteiger partial charge in [0, 0.05) is 28.9 Å². The smallest absolute Gasteiger partial charge is 0.0244 e. The molecule has 1 atom stereocenters. The Morgan fingerprint density at radius 1 is 1.50 bits per heavy atom. The maximum Gasteiger partial charge on any atom is 0.0244 e. The Kier molecular flexibility index (Phi) is 4.22. The van der Waals surface area contributed by atoms with Crippen molar-refractivity contribution in [3.05, 3.63) is 0 Å². The van der Waals surface area contributed by atoms with E-state index < -0.39 is 10.8 Å². The first-order valence-corrected chi connectivity index (χ1v) is 6.44. The monoisotopic (exact) mass is 189 g/mol. The molecular weight excluding hydrogens is 170 g/mol. The lowest BCUT2D eigenvalue weighted by Crippen LogP contribution is -2.40. The standard InChI is InChI=1S/C9H19NOS/c1-8-6-9(7-8)10-4-3-5-12(2)11/h8-10H,3-7H2,1-2H3. The van der Waals surface area contributed by atoms with Crippen LogP contribution in [0.4, 0.5) is 0 Å². The van der Waals surface area contributed by atoms with Gasteiger partial charge < -0.3 is 5.32 Å². The molecule has 1 aliphatic rings. The van der Waals surface area contributed by atoms with Gasteiger partial charge in [0.15, 0.2) is 0 Å². The highest BCUT2D eigenvalue weighted by Crippen LogP contribution is 2.25. The lowest BCUT2D eigenvalue weighted by molar-refractivity contribution is 0.242. The molecule has 0 aromatic carbocycles. The summed E-state index contributed by atoms with van der Waals surface area (Å²) >= 11 is 0. The molecule has 1 unspecified atom stereocenters. The quantitative estimate of drug-likeness (QED) is 0.657. The van der Waals surface area contributed by atoms with Crippen molar-refractivity contribution in [2.45, 2.75) is 32.2 Å². The van der Waals surface area contributed by atoms with Crippen LogP contribution in [0.1, 0.15) is 26.2 Å². The van der Waals surface area contributed by atoms with Crippen molar-refractivity contribution in [1.29, 1.82) is 0 Å². The summed E-state index contributed by atoms with van der Waals surface area (Å²) < 4.78 is 10.7. The van der Waals surface area contributed by atoms with Gasteiger partial charge in [0.25, 0.3) is 0 Å². The zero-order valence-electron chi connectivity index (χ0n) is 8.01. The maximum atomic E-state index is 10.7. The average molecular weight is 189 g/mol. The molecule has 1 saturated carbocycles.